The summed E-state index contributed by atoms with van der Waals surface area (Å²) in [5, 5.41) is 3.03. The van der Waals surface area contributed by atoms with E-state index in [2.05, 4.69) is 16.3 Å². The number of carbonyl (C=O) groups excluding carboxylic acids is 1. The largest absolute Gasteiger partial charge is 0.371 e. The van der Waals surface area contributed by atoms with Gasteiger partial charge < -0.3 is 10.1 Å². The lowest BCUT2D eigenvalue weighted by Crippen LogP contribution is -2.44. The third-order valence-corrected chi connectivity index (χ3v) is 4.91. The number of morpholine rings is 1. The van der Waals surface area contributed by atoms with Crippen LogP contribution in [0.1, 0.15) is 43.8 Å². The zero-order valence-electron chi connectivity index (χ0n) is 14.7. The van der Waals surface area contributed by atoms with E-state index in [1.807, 2.05) is 0 Å². The standard InChI is InChI=1S/C20H27FN2O2/c21-18-8-6-17(7-9-18)19-14-23(12-13-25-19)15-20(24)22-11-10-16-4-2-1-3-5-16/h4,6-9,19H,1-3,5,10-15H2,(H,22,24). The van der Waals surface area contributed by atoms with Gasteiger partial charge in [0, 0.05) is 19.6 Å². The van der Waals surface area contributed by atoms with Crippen molar-refractivity contribution >= 4 is 5.91 Å². The molecule has 0 radical (unpaired) electrons. The second-order valence-corrected chi connectivity index (χ2v) is 6.85. The Morgan fingerprint density at radius 1 is 1.28 bits per heavy atom. The molecule has 25 heavy (non-hydrogen) atoms. The highest BCUT2D eigenvalue weighted by molar-refractivity contribution is 5.78. The average molecular weight is 346 g/mol. The quantitative estimate of drug-likeness (QED) is 0.804. The van der Waals surface area contributed by atoms with Gasteiger partial charge in [0.1, 0.15) is 5.82 Å². The van der Waals surface area contributed by atoms with Gasteiger partial charge in [-0.15, -0.1) is 0 Å². The van der Waals surface area contributed by atoms with Crippen LogP contribution in [0.15, 0.2) is 35.9 Å². The molecule has 0 aromatic heterocycles. The van der Waals surface area contributed by atoms with Crippen LogP contribution in [0.25, 0.3) is 0 Å². The lowest BCUT2D eigenvalue weighted by Gasteiger charge is -2.32. The van der Waals surface area contributed by atoms with Crippen LogP contribution < -0.4 is 5.32 Å². The van der Waals surface area contributed by atoms with E-state index in [0.29, 0.717) is 19.7 Å². The summed E-state index contributed by atoms with van der Waals surface area (Å²) in [4.78, 5) is 14.3. The Bertz CT molecular complexity index is 600. The molecule has 5 heteroatoms. The van der Waals surface area contributed by atoms with E-state index >= 15 is 0 Å². The number of ether oxygens (including phenoxy) is 1. The lowest BCUT2D eigenvalue weighted by atomic mass is 9.97. The van der Waals surface area contributed by atoms with Gasteiger partial charge in [-0.25, -0.2) is 4.39 Å². The van der Waals surface area contributed by atoms with Crippen LogP contribution in [0.2, 0.25) is 0 Å². The topological polar surface area (TPSA) is 41.6 Å². The third-order valence-electron chi connectivity index (χ3n) is 4.91. The van der Waals surface area contributed by atoms with Crippen molar-refractivity contribution < 1.29 is 13.9 Å². The molecule has 1 fully saturated rings. The minimum Gasteiger partial charge on any atom is -0.371 e. The van der Waals surface area contributed by atoms with Crippen molar-refractivity contribution in [1.82, 2.24) is 10.2 Å². The number of nitrogens with one attached hydrogen (secondary N) is 1. The first-order valence-electron chi connectivity index (χ1n) is 9.25. The third kappa shape index (κ3) is 5.65. The molecule has 1 N–H and O–H groups in total. The first-order valence-corrected chi connectivity index (χ1v) is 9.25. The van der Waals surface area contributed by atoms with E-state index in [4.69, 9.17) is 4.74 Å². The first kappa shape index (κ1) is 18.1. The Kier molecular flexibility index (Phi) is 6.59. The van der Waals surface area contributed by atoms with Crippen molar-refractivity contribution in [2.75, 3.05) is 32.8 Å². The Balaban J connectivity index is 1.41. The van der Waals surface area contributed by atoms with Gasteiger partial charge in [0.2, 0.25) is 5.91 Å². The second-order valence-electron chi connectivity index (χ2n) is 6.85. The molecule has 4 nitrogen and oxygen atoms in total. The van der Waals surface area contributed by atoms with Crippen LogP contribution in [0.3, 0.4) is 0 Å². The monoisotopic (exact) mass is 346 g/mol. The Morgan fingerprint density at radius 3 is 2.88 bits per heavy atom. The number of halogens is 1. The van der Waals surface area contributed by atoms with Gasteiger partial charge in [-0.1, -0.05) is 23.8 Å². The highest BCUT2D eigenvalue weighted by Gasteiger charge is 2.23. The molecule has 3 rings (SSSR count). The smallest absolute Gasteiger partial charge is 0.234 e. The van der Waals surface area contributed by atoms with Crippen LogP contribution in [0.4, 0.5) is 4.39 Å². The summed E-state index contributed by atoms with van der Waals surface area (Å²) in [6.45, 7) is 3.10. The number of allylic oxidation sites excluding steroid dienone is 1. The van der Waals surface area contributed by atoms with E-state index in [1.54, 1.807) is 12.1 Å². The molecule has 136 valence electrons. The number of hydrogen-bond acceptors (Lipinski definition) is 3. The van der Waals surface area contributed by atoms with Gasteiger partial charge >= 0.3 is 0 Å². The number of benzene rings is 1. The number of hydrogen-bond donors (Lipinski definition) is 1. The molecule has 0 bridgehead atoms. The lowest BCUT2D eigenvalue weighted by molar-refractivity contribution is -0.124. The SMILES string of the molecule is O=C(CN1CCOC(c2ccc(F)cc2)C1)NCCC1=CCCCC1. The number of amides is 1. The van der Waals surface area contributed by atoms with Crippen molar-refractivity contribution in [2.45, 2.75) is 38.2 Å². The van der Waals surface area contributed by atoms with Crippen LogP contribution in [0.5, 0.6) is 0 Å². The van der Waals surface area contributed by atoms with Gasteiger partial charge in [0.15, 0.2) is 0 Å². The van der Waals surface area contributed by atoms with Gasteiger partial charge in [-0.05, 0) is 49.8 Å². The zero-order chi connectivity index (χ0) is 17.5. The second kappa shape index (κ2) is 9.11. The number of carbonyl (C=O) groups is 1. The van der Waals surface area contributed by atoms with E-state index in [9.17, 15) is 9.18 Å². The number of rotatable bonds is 6. The fourth-order valence-electron chi connectivity index (χ4n) is 3.48. The van der Waals surface area contributed by atoms with Crippen LogP contribution >= 0.6 is 0 Å². The van der Waals surface area contributed by atoms with E-state index in [0.717, 1.165) is 25.1 Å². The molecule has 1 aromatic carbocycles. The molecule has 2 aliphatic rings. The van der Waals surface area contributed by atoms with Crippen molar-refractivity contribution in [1.29, 1.82) is 0 Å². The molecule has 0 saturated carbocycles. The normalized spacial score (nSPS) is 21.6. The maximum Gasteiger partial charge on any atom is 0.234 e. The van der Waals surface area contributed by atoms with Gasteiger partial charge in [0.05, 0.1) is 19.3 Å². The molecule has 0 spiro atoms. The molecule has 1 saturated heterocycles. The summed E-state index contributed by atoms with van der Waals surface area (Å²) in [5.74, 6) is -0.181. The minimum absolute atomic E-state index is 0.0659. The molecule has 1 heterocycles. The first-order chi connectivity index (χ1) is 12.2. The molecule has 1 amide bonds. The Hall–Kier alpha value is -1.72. The molecule has 1 unspecified atom stereocenters. The summed E-state index contributed by atoms with van der Waals surface area (Å²) in [7, 11) is 0. The molecule has 1 aromatic rings. The number of nitrogens with zero attached hydrogens (tertiary/aromatic N) is 1. The van der Waals surface area contributed by atoms with Crippen LogP contribution in [0, 0.1) is 5.82 Å². The van der Waals surface area contributed by atoms with E-state index < -0.39 is 0 Å². The summed E-state index contributed by atoms with van der Waals surface area (Å²) in [5.41, 5.74) is 2.44. The fraction of sp³-hybridized carbons (Fsp3) is 0.550. The highest BCUT2D eigenvalue weighted by atomic mass is 19.1. The maximum atomic E-state index is 13.0. The van der Waals surface area contributed by atoms with Crippen molar-refractivity contribution in [3.8, 4) is 0 Å². The fourth-order valence-corrected chi connectivity index (χ4v) is 3.48. The van der Waals surface area contributed by atoms with E-state index in [1.165, 1.54) is 43.4 Å². The summed E-state index contributed by atoms with van der Waals surface area (Å²) >= 11 is 0. The predicted molar refractivity (Wildman–Crippen MR) is 95.7 cm³/mol. The summed E-state index contributed by atoms with van der Waals surface area (Å²) in [6.07, 6.45) is 8.12. The molecule has 1 atom stereocenters. The molecule has 1 aliphatic carbocycles. The Morgan fingerprint density at radius 2 is 2.12 bits per heavy atom. The minimum atomic E-state index is -0.246. The van der Waals surface area contributed by atoms with E-state index in [-0.39, 0.29) is 17.8 Å². The van der Waals surface area contributed by atoms with Crippen molar-refractivity contribution in [3.05, 3.63) is 47.3 Å². The molecule has 1 aliphatic heterocycles. The van der Waals surface area contributed by atoms with Crippen molar-refractivity contribution in [3.63, 3.8) is 0 Å². The summed E-state index contributed by atoms with van der Waals surface area (Å²) in [6, 6.07) is 6.40. The van der Waals surface area contributed by atoms with Crippen molar-refractivity contribution in [2.24, 2.45) is 0 Å². The zero-order valence-corrected chi connectivity index (χ0v) is 14.7. The van der Waals surface area contributed by atoms with Gasteiger partial charge in [-0.2, -0.15) is 0 Å². The predicted octanol–water partition coefficient (Wildman–Crippen LogP) is 3.21. The van der Waals surface area contributed by atoms with Crippen LogP contribution in [-0.4, -0.2) is 43.6 Å². The average Bonchev–Trinajstić information content (AvgIpc) is 2.63. The molecular weight excluding hydrogens is 319 g/mol. The maximum absolute atomic E-state index is 13.0. The van der Waals surface area contributed by atoms with Crippen LogP contribution in [-0.2, 0) is 9.53 Å². The highest BCUT2D eigenvalue weighted by Crippen LogP contribution is 2.22. The Labute approximate surface area is 149 Å². The van der Waals surface area contributed by atoms with Gasteiger partial charge in [-0.3, -0.25) is 9.69 Å². The summed E-state index contributed by atoms with van der Waals surface area (Å²) < 4.78 is 18.8. The molecular formula is C20H27FN2O2. The van der Waals surface area contributed by atoms with Gasteiger partial charge in [0.25, 0.3) is 0 Å².